The van der Waals surface area contributed by atoms with Crippen LogP contribution in [0.15, 0.2) is 0 Å². The van der Waals surface area contributed by atoms with Crippen molar-refractivity contribution >= 4 is 0 Å². The molecule has 1 heterocycles. The topological polar surface area (TPSA) is 21.3 Å². The molecule has 1 aliphatic heterocycles. The standard InChI is InChI=1S/C14H27NO/c1-12-6-7-13(16-12)10-14(11-15-2)8-4-3-5-9-14/h12-13,15H,3-11H2,1-2H3. The van der Waals surface area contributed by atoms with Gasteiger partial charge in [-0.25, -0.2) is 0 Å². The third-order valence-electron chi connectivity index (χ3n) is 4.45. The maximum absolute atomic E-state index is 6.01. The summed E-state index contributed by atoms with van der Waals surface area (Å²) in [6, 6.07) is 0. The zero-order valence-corrected chi connectivity index (χ0v) is 10.9. The largest absolute Gasteiger partial charge is 0.375 e. The van der Waals surface area contributed by atoms with E-state index in [2.05, 4.69) is 19.3 Å². The first-order valence-corrected chi connectivity index (χ1v) is 7.04. The molecule has 0 spiro atoms. The quantitative estimate of drug-likeness (QED) is 0.794. The lowest BCUT2D eigenvalue weighted by atomic mass is 9.70. The highest BCUT2D eigenvalue weighted by Gasteiger charge is 2.36. The van der Waals surface area contributed by atoms with E-state index in [-0.39, 0.29) is 0 Å². The first-order valence-electron chi connectivity index (χ1n) is 7.04. The zero-order valence-electron chi connectivity index (χ0n) is 10.9. The van der Waals surface area contributed by atoms with Gasteiger partial charge in [0, 0.05) is 6.54 Å². The molecule has 0 aromatic heterocycles. The Morgan fingerprint density at radius 1 is 1.19 bits per heavy atom. The molecule has 0 bridgehead atoms. The molecule has 1 saturated carbocycles. The average Bonchev–Trinajstić information content (AvgIpc) is 2.65. The SMILES string of the molecule is CNCC1(CC2CCC(C)O2)CCCCC1. The summed E-state index contributed by atoms with van der Waals surface area (Å²) in [6.07, 6.45) is 12.0. The molecule has 1 aliphatic carbocycles. The molecule has 0 radical (unpaired) electrons. The Hall–Kier alpha value is -0.0800. The summed E-state index contributed by atoms with van der Waals surface area (Å²) in [5, 5.41) is 3.41. The maximum Gasteiger partial charge on any atom is 0.0585 e. The minimum atomic E-state index is 0.500. The summed E-state index contributed by atoms with van der Waals surface area (Å²) in [7, 11) is 2.09. The van der Waals surface area contributed by atoms with Gasteiger partial charge in [-0.15, -0.1) is 0 Å². The first-order chi connectivity index (χ1) is 7.74. The normalized spacial score (nSPS) is 34.1. The summed E-state index contributed by atoms with van der Waals surface area (Å²) in [5.41, 5.74) is 0.543. The van der Waals surface area contributed by atoms with Crippen molar-refractivity contribution in [2.75, 3.05) is 13.6 Å². The molecule has 2 heteroatoms. The third kappa shape index (κ3) is 2.98. The molecule has 2 unspecified atom stereocenters. The van der Waals surface area contributed by atoms with Gasteiger partial charge in [-0.1, -0.05) is 19.3 Å². The molecule has 0 amide bonds. The first kappa shape index (κ1) is 12.4. The van der Waals surface area contributed by atoms with Crippen molar-refractivity contribution in [3.8, 4) is 0 Å². The second-order valence-electron chi connectivity index (χ2n) is 5.94. The minimum Gasteiger partial charge on any atom is -0.375 e. The molecule has 2 fully saturated rings. The summed E-state index contributed by atoms with van der Waals surface area (Å²) < 4.78 is 6.01. The monoisotopic (exact) mass is 225 g/mol. The minimum absolute atomic E-state index is 0.500. The van der Waals surface area contributed by atoms with E-state index in [1.807, 2.05) is 0 Å². The van der Waals surface area contributed by atoms with Crippen LogP contribution in [0.5, 0.6) is 0 Å². The number of rotatable bonds is 4. The van der Waals surface area contributed by atoms with Gasteiger partial charge >= 0.3 is 0 Å². The van der Waals surface area contributed by atoms with E-state index in [9.17, 15) is 0 Å². The highest BCUT2D eigenvalue weighted by molar-refractivity contribution is 4.88. The van der Waals surface area contributed by atoms with Crippen LogP contribution in [-0.2, 0) is 4.74 Å². The number of nitrogens with one attached hydrogen (secondary N) is 1. The van der Waals surface area contributed by atoms with Crippen LogP contribution in [0.25, 0.3) is 0 Å². The molecule has 1 N–H and O–H groups in total. The van der Waals surface area contributed by atoms with E-state index in [0.717, 1.165) is 0 Å². The molecule has 2 rings (SSSR count). The van der Waals surface area contributed by atoms with Gasteiger partial charge in [0.2, 0.25) is 0 Å². The van der Waals surface area contributed by atoms with Crippen LogP contribution in [0.1, 0.15) is 58.3 Å². The summed E-state index contributed by atoms with van der Waals surface area (Å²) in [5.74, 6) is 0. The van der Waals surface area contributed by atoms with Crippen LogP contribution in [0, 0.1) is 5.41 Å². The Labute approximate surface area is 100 Å². The molecule has 0 aromatic carbocycles. The van der Waals surface area contributed by atoms with Crippen LogP contribution in [-0.4, -0.2) is 25.8 Å². The third-order valence-corrected chi connectivity index (χ3v) is 4.45. The van der Waals surface area contributed by atoms with Gasteiger partial charge in [0.25, 0.3) is 0 Å². The lowest BCUT2D eigenvalue weighted by molar-refractivity contribution is 0.0112. The Morgan fingerprint density at radius 2 is 1.94 bits per heavy atom. The van der Waals surface area contributed by atoms with Gasteiger partial charge in [-0.2, -0.15) is 0 Å². The van der Waals surface area contributed by atoms with Crippen molar-refractivity contribution < 1.29 is 4.74 Å². The predicted octanol–water partition coefficient (Wildman–Crippen LogP) is 3.11. The Balaban J connectivity index is 1.91. The molecular weight excluding hydrogens is 198 g/mol. The van der Waals surface area contributed by atoms with Crippen LogP contribution in [0.2, 0.25) is 0 Å². The van der Waals surface area contributed by atoms with Crippen molar-refractivity contribution in [2.45, 2.75) is 70.5 Å². The zero-order chi connectivity index (χ0) is 11.4. The molecule has 94 valence electrons. The molecule has 16 heavy (non-hydrogen) atoms. The highest BCUT2D eigenvalue weighted by Crippen LogP contribution is 2.42. The van der Waals surface area contributed by atoms with Gasteiger partial charge in [-0.05, 0) is 51.5 Å². The van der Waals surface area contributed by atoms with Gasteiger partial charge < -0.3 is 10.1 Å². The fourth-order valence-corrected chi connectivity index (χ4v) is 3.65. The van der Waals surface area contributed by atoms with Crippen molar-refractivity contribution in [3.63, 3.8) is 0 Å². The summed E-state index contributed by atoms with van der Waals surface area (Å²) in [4.78, 5) is 0. The van der Waals surface area contributed by atoms with Gasteiger partial charge in [-0.3, -0.25) is 0 Å². The Morgan fingerprint density at radius 3 is 2.50 bits per heavy atom. The van der Waals surface area contributed by atoms with Crippen LogP contribution >= 0.6 is 0 Å². The van der Waals surface area contributed by atoms with E-state index in [0.29, 0.717) is 17.6 Å². The van der Waals surface area contributed by atoms with E-state index >= 15 is 0 Å². The van der Waals surface area contributed by atoms with E-state index in [1.165, 1.54) is 57.9 Å². The fourth-order valence-electron chi connectivity index (χ4n) is 3.65. The van der Waals surface area contributed by atoms with Gasteiger partial charge in [0.05, 0.1) is 12.2 Å². The second kappa shape index (κ2) is 5.50. The number of ether oxygens (including phenoxy) is 1. The number of hydrogen-bond donors (Lipinski definition) is 1. The lowest BCUT2D eigenvalue weighted by Gasteiger charge is -2.39. The predicted molar refractivity (Wildman–Crippen MR) is 67.6 cm³/mol. The molecule has 1 saturated heterocycles. The average molecular weight is 225 g/mol. The smallest absolute Gasteiger partial charge is 0.0585 e. The fraction of sp³-hybridized carbons (Fsp3) is 1.00. The molecule has 2 nitrogen and oxygen atoms in total. The van der Waals surface area contributed by atoms with Crippen LogP contribution in [0.4, 0.5) is 0 Å². The van der Waals surface area contributed by atoms with Crippen molar-refractivity contribution in [2.24, 2.45) is 5.41 Å². The van der Waals surface area contributed by atoms with Gasteiger partial charge in [0.1, 0.15) is 0 Å². The highest BCUT2D eigenvalue weighted by atomic mass is 16.5. The summed E-state index contributed by atoms with van der Waals surface area (Å²) >= 11 is 0. The van der Waals surface area contributed by atoms with Crippen LogP contribution < -0.4 is 5.32 Å². The van der Waals surface area contributed by atoms with E-state index in [4.69, 9.17) is 4.74 Å². The maximum atomic E-state index is 6.01. The lowest BCUT2D eigenvalue weighted by Crippen LogP contribution is -2.37. The van der Waals surface area contributed by atoms with E-state index < -0.39 is 0 Å². The molecule has 0 aromatic rings. The Bertz CT molecular complexity index is 205. The summed E-state index contributed by atoms with van der Waals surface area (Å²) in [6.45, 7) is 3.40. The van der Waals surface area contributed by atoms with Crippen LogP contribution in [0.3, 0.4) is 0 Å². The van der Waals surface area contributed by atoms with Crippen molar-refractivity contribution in [1.82, 2.24) is 5.32 Å². The van der Waals surface area contributed by atoms with E-state index in [1.54, 1.807) is 0 Å². The molecular formula is C14H27NO. The second-order valence-corrected chi connectivity index (χ2v) is 5.94. The van der Waals surface area contributed by atoms with Crippen molar-refractivity contribution in [1.29, 1.82) is 0 Å². The number of hydrogen-bond acceptors (Lipinski definition) is 2. The molecule has 2 atom stereocenters. The van der Waals surface area contributed by atoms with Gasteiger partial charge in [0.15, 0.2) is 0 Å². The molecule has 2 aliphatic rings. The van der Waals surface area contributed by atoms with Crippen molar-refractivity contribution in [3.05, 3.63) is 0 Å². The Kier molecular flexibility index (Phi) is 4.26.